The molecule has 0 N–H and O–H groups in total. The van der Waals surface area contributed by atoms with Gasteiger partial charge in [0.15, 0.2) is 0 Å². The lowest BCUT2D eigenvalue weighted by Crippen LogP contribution is -2.41. The van der Waals surface area contributed by atoms with Gasteiger partial charge in [-0.2, -0.15) is 22.3 Å². The Morgan fingerprint density at radius 3 is 2.00 bits per heavy atom. The largest absolute Gasteiger partial charge is 0.374 e. The summed E-state index contributed by atoms with van der Waals surface area (Å²) in [6.45, 7) is 4.81. The smallest absolute Gasteiger partial charge is 0.0656 e. The standard InChI is InChI=1S/C52H71N3OS/c1-32-5-3-4-6-43(32)44-24-19-42(25-33(44)2)55(40-15-9-36(10-16-40)38-13-22-46-45-20-7-34(30-53)26-49(45)56-50(46)28-38)41-17-11-37(12-18-41)39-14-23-48-47-21-8-35(31-54)27-51(47)57-52(48)29-39/h3-6,15,25,32,34-39,41,43,45-52H,7-14,16-24,26-29H2,1-2H3. The van der Waals surface area contributed by atoms with Crippen molar-refractivity contribution in [3.05, 3.63) is 59.0 Å². The van der Waals surface area contributed by atoms with Crippen LogP contribution in [0.25, 0.3) is 0 Å². The van der Waals surface area contributed by atoms with E-state index in [-0.39, 0.29) is 5.92 Å². The van der Waals surface area contributed by atoms with Crippen molar-refractivity contribution < 1.29 is 4.74 Å². The Morgan fingerprint density at radius 1 is 0.632 bits per heavy atom. The molecule has 10 aliphatic rings. The quantitative estimate of drug-likeness (QED) is 0.268. The monoisotopic (exact) mass is 786 g/mol. The second kappa shape index (κ2) is 16.7. The molecular weight excluding hydrogens is 715 g/mol. The highest BCUT2D eigenvalue weighted by molar-refractivity contribution is 8.00. The van der Waals surface area contributed by atoms with Crippen LogP contribution < -0.4 is 0 Å². The third-order valence-corrected chi connectivity index (χ3v) is 20.2. The highest BCUT2D eigenvalue weighted by Gasteiger charge is 2.51. The molecule has 10 rings (SSSR count). The first-order chi connectivity index (χ1) is 27.9. The number of hydrogen-bond acceptors (Lipinski definition) is 5. The lowest BCUT2D eigenvalue weighted by molar-refractivity contribution is -0.0160. The molecule has 15 atom stereocenters. The van der Waals surface area contributed by atoms with Crippen LogP contribution in [-0.4, -0.2) is 33.6 Å². The van der Waals surface area contributed by atoms with E-state index < -0.39 is 0 Å². The lowest BCUT2D eigenvalue weighted by Gasteiger charge is -2.46. The second-order valence-electron chi connectivity index (χ2n) is 21.2. The highest BCUT2D eigenvalue weighted by atomic mass is 32.2. The van der Waals surface area contributed by atoms with Crippen LogP contribution in [-0.2, 0) is 4.74 Å². The zero-order chi connectivity index (χ0) is 38.6. The minimum atomic E-state index is 0.215. The van der Waals surface area contributed by atoms with Crippen LogP contribution in [0.15, 0.2) is 59.0 Å². The maximum Gasteiger partial charge on any atom is 0.0656 e. The van der Waals surface area contributed by atoms with Gasteiger partial charge in [0.2, 0.25) is 0 Å². The Kier molecular flexibility index (Phi) is 11.4. The van der Waals surface area contributed by atoms with Crippen LogP contribution in [0.3, 0.4) is 0 Å². The molecule has 4 nitrogen and oxygen atoms in total. The summed E-state index contributed by atoms with van der Waals surface area (Å²) in [5, 5.41) is 20.9. The Balaban J connectivity index is 0.819. The predicted octanol–water partition coefficient (Wildman–Crippen LogP) is 12.9. The van der Waals surface area contributed by atoms with Gasteiger partial charge >= 0.3 is 0 Å². The SMILES string of the molecule is CC1=C(C2C=CC=CC2C)CCC(N(C2=CCC(C3CCC4C(C3)OC3CC(C#N)CCC34)CC2)C2CCC(C3CCC4C(C3)SC3CC(C#N)CCC34)CC2)=C1. The summed E-state index contributed by atoms with van der Waals surface area (Å²) >= 11 is 2.34. The molecule has 0 aromatic heterocycles. The summed E-state index contributed by atoms with van der Waals surface area (Å²) in [5.41, 5.74) is 6.48. The van der Waals surface area contributed by atoms with Gasteiger partial charge in [0.05, 0.1) is 24.3 Å². The van der Waals surface area contributed by atoms with E-state index >= 15 is 0 Å². The Morgan fingerprint density at radius 2 is 1.28 bits per heavy atom. The molecule has 5 saturated carbocycles. The third kappa shape index (κ3) is 7.60. The first-order valence-corrected chi connectivity index (χ1v) is 25.2. The summed E-state index contributed by atoms with van der Waals surface area (Å²) in [6, 6.07) is 5.84. The molecule has 57 heavy (non-hydrogen) atoms. The van der Waals surface area contributed by atoms with Crippen molar-refractivity contribution in [2.75, 3.05) is 0 Å². The Hall–Kier alpha value is -2.21. The zero-order valence-electron chi connectivity index (χ0n) is 35.3. The fourth-order valence-corrected chi connectivity index (χ4v) is 17.6. The number of fused-ring (bicyclic) bond motifs is 6. The van der Waals surface area contributed by atoms with Crippen molar-refractivity contribution in [3.8, 4) is 12.1 Å². The zero-order valence-corrected chi connectivity index (χ0v) is 36.1. The second-order valence-corrected chi connectivity index (χ2v) is 22.7. The fourth-order valence-electron chi connectivity index (χ4n) is 15.4. The van der Waals surface area contributed by atoms with E-state index in [2.05, 4.69) is 79.1 Å². The van der Waals surface area contributed by atoms with Crippen LogP contribution in [0.2, 0.25) is 0 Å². The van der Waals surface area contributed by atoms with Gasteiger partial charge < -0.3 is 9.64 Å². The molecular formula is C52H71N3OS. The third-order valence-electron chi connectivity index (χ3n) is 18.5. The first kappa shape index (κ1) is 39.0. The molecule has 0 bridgehead atoms. The topological polar surface area (TPSA) is 60.0 Å². The molecule has 15 unspecified atom stereocenters. The van der Waals surface area contributed by atoms with Crippen LogP contribution in [0, 0.1) is 93.7 Å². The minimum absolute atomic E-state index is 0.215. The van der Waals surface area contributed by atoms with Gasteiger partial charge in [0.25, 0.3) is 0 Å². The van der Waals surface area contributed by atoms with Crippen LogP contribution in [0.4, 0.5) is 0 Å². The van der Waals surface area contributed by atoms with Gasteiger partial charge in [-0.3, -0.25) is 0 Å². The predicted molar refractivity (Wildman–Crippen MR) is 232 cm³/mol. The lowest BCUT2D eigenvalue weighted by atomic mass is 9.65. The number of nitrogens with zero attached hydrogens (tertiary/aromatic N) is 3. The maximum absolute atomic E-state index is 9.64. The van der Waals surface area contributed by atoms with Gasteiger partial charge in [-0.25, -0.2) is 0 Å². The number of ether oxygens (including phenoxy) is 1. The van der Waals surface area contributed by atoms with E-state index in [1.165, 1.54) is 121 Å². The van der Waals surface area contributed by atoms with E-state index in [0.29, 0.717) is 36.0 Å². The van der Waals surface area contributed by atoms with Crippen molar-refractivity contribution in [2.45, 2.75) is 177 Å². The molecule has 0 amide bonds. The average Bonchev–Trinajstić information content (AvgIpc) is 3.81. The van der Waals surface area contributed by atoms with Crippen LogP contribution in [0.1, 0.15) is 149 Å². The molecule has 306 valence electrons. The minimum Gasteiger partial charge on any atom is -0.374 e. The van der Waals surface area contributed by atoms with E-state index in [0.717, 1.165) is 77.1 Å². The number of hydrogen-bond donors (Lipinski definition) is 0. The molecule has 0 radical (unpaired) electrons. The van der Waals surface area contributed by atoms with Gasteiger partial charge in [-0.05, 0) is 207 Å². The van der Waals surface area contributed by atoms with Crippen molar-refractivity contribution in [1.82, 2.24) is 4.90 Å². The summed E-state index contributed by atoms with van der Waals surface area (Å²) in [7, 11) is 0. The van der Waals surface area contributed by atoms with Gasteiger partial charge in [-0.15, -0.1) is 0 Å². The molecule has 0 aromatic carbocycles. The fraction of sp³-hybridized carbons (Fsp3) is 0.769. The molecule has 5 heteroatoms. The summed E-state index contributed by atoms with van der Waals surface area (Å²) in [5.74, 6) is 8.41. The van der Waals surface area contributed by atoms with Crippen LogP contribution >= 0.6 is 11.8 Å². The normalized spacial score (nSPS) is 46.7. The maximum atomic E-state index is 9.64. The first-order valence-electron chi connectivity index (χ1n) is 24.3. The van der Waals surface area contributed by atoms with Crippen molar-refractivity contribution in [3.63, 3.8) is 0 Å². The summed E-state index contributed by atoms with van der Waals surface area (Å²) in [4.78, 5) is 2.96. The molecule has 7 fully saturated rings. The van der Waals surface area contributed by atoms with Crippen molar-refractivity contribution in [1.29, 1.82) is 10.5 Å². The molecule has 2 saturated heterocycles. The Labute approximate surface area is 350 Å². The number of allylic oxidation sites excluding steroid dienone is 10. The van der Waals surface area contributed by atoms with Gasteiger partial charge in [-0.1, -0.05) is 42.9 Å². The van der Waals surface area contributed by atoms with E-state index in [1.54, 1.807) is 17.0 Å². The summed E-state index contributed by atoms with van der Waals surface area (Å²) in [6.07, 6.45) is 42.6. The molecule has 2 heterocycles. The molecule has 2 aliphatic heterocycles. The van der Waals surface area contributed by atoms with E-state index in [1.807, 2.05) is 0 Å². The van der Waals surface area contributed by atoms with Gasteiger partial charge in [0, 0.05) is 45.7 Å². The van der Waals surface area contributed by atoms with E-state index in [9.17, 15) is 10.5 Å². The molecule has 8 aliphatic carbocycles. The average molecular weight is 786 g/mol. The molecule has 0 spiro atoms. The number of thioether (sulfide) groups is 1. The van der Waals surface area contributed by atoms with E-state index in [4.69, 9.17) is 4.74 Å². The van der Waals surface area contributed by atoms with Gasteiger partial charge in [0.1, 0.15) is 0 Å². The van der Waals surface area contributed by atoms with Crippen LogP contribution in [0.5, 0.6) is 0 Å². The summed E-state index contributed by atoms with van der Waals surface area (Å²) < 4.78 is 6.81. The van der Waals surface area contributed by atoms with Crippen molar-refractivity contribution in [2.24, 2.45) is 71.0 Å². The molecule has 0 aromatic rings. The van der Waals surface area contributed by atoms with Crippen molar-refractivity contribution >= 4 is 11.8 Å². The Bertz CT molecular complexity index is 1730. The number of nitriles is 2. The highest BCUT2D eigenvalue weighted by Crippen LogP contribution is 2.58. The number of rotatable bonds is 6.